The van der Waals surface area contributed by atoms with Gasteiger partial charge in [-0.05, 0) is 32.9 Å². The van der Waals surface area contributed by atoms with Crippen LogP contribution >= 0.6 is 0 Å². The van der Waals surface area contributed by atoms with E-state index in [4.69, 9.17) is 10.5 Å². The minimum absolute atomic E-state index is 0.0612. The molecule has 2 unspecified atom stereocenters. The highest BCUT2D eigenvalue weighted by atomic mass is 16.5. The number of Topliss-reactive ketones (excluding diaryl/α,β-unsaturated/α-hetero) is 1. The van der Waals surface area contributed by atoms with E-state index in [9.17, 15) is 4.79 Å². The van der Waals surface area contributed by atoms with Crippen molar-refractivity contribution in [3.63, 3.8) is 0 Å². The molecule has 0 saturated heterocycles. The second-order valence-electron chi connectivity index (χ2n) is 4.56. The Morgan fingerprint density at radius 3 is 2.94 bits per heavy atom. The third-order valence-electron chi connectivity index (χ3n) is 3.16. The van der Waals surface area contributed by atoms with Crippen LogP contribution in [0.15, 0.2) is 18.2 Å². The second-order valence-corrected chi connectivity index (χ2v) is 4.56. The SMILES string of the molecule is CC(=O)C(C)N1CC(C)Oc2cccc(N)c21. The summed E-state index contributed by atoms with van der Waals surface area (Å²) in [7, 11) is 0. The van der Waals surface area contributed by atoms with Crippen LogP contribution in [0, 0.1) is 0 Å². The molecular formula is C13H18N2O2. The Bertz CT molecular complexity index is 445. The van der Waals surface area contributed by atoms with E-state index in [1.54, 1.807) is 6.92 Å². The van der Waals surface area contributed by atoms with Crippen molar-refractivity contribution in [3.8, 4) is 5.75 Å². The molecule has 0 saturated carbocycles. The average Bonchev–Trinajstić information content (AvgIpc) is 2.26. The Hall–Kier alpha value is -1.71. The summed E-state index contributed by atoms with van der Waals surface area (Å²) < 4.78 is 5.74. The zero-order valence-corrected chi connectivity index (χ0v) is 10.4. The fraction of sp³-hybridized carbons (Fsp3) is 0.462. The fourth-order valence-corrected chi connectivity index (χ4v) is 2.14. The van der Waals surface area contributed by atoms with Crippen molar-refractivity contribution >= 4 is 17.2 Å². The fourth-order valence-electron chi connectivity index (χ4n) is 2.14. The van der Waals surface area contributed by atoms with Crippen LogP contribution in [0.3, 0.4) is 0 Å². The molecule has 1 aliphatic heterocycles. The Morgan fingerprint density at radius 1 is 1.59 bits per heavy atom. The number of fused-ring (bicyclic) bond motifs is 1. The number of ether oxygens (including phenoxy) is 1. The first kappa shape index (κ1) is 11.8. The van der Waals surface area contributed by atoms with E-state index in [0.29, 0.717) is 12.2 Å². The maximum Gasteiger partial charge on any atom is 0.151 e. The maximum absolute atomic E-state index is 11.5. The first-order valence-corrected chi connectivity index (χ1v) is 5.83. The summed E-state index contributed by atoms with van der Waals surface area (Å²) in [6.07, 6.45) is 0.0612. The van der Waals surface area contributed by atoms with Gasteiger partial charge in [0.2, 0.25) is 0 Å². The summed E-state index contributed by atoms with van der Waals surface area (Å²) in [5, 5.41) is 0. The maximum atomic E-state index is 11.5. The zero-order valence-electron chi connectivity index (χ0n) is 10.4. The summed E-state index contributed by atoms with van der Waals surface area (Å²) in [5.74, 6) is 0.894. The van der Waals surface area contributed by atoms with Gasteiger partial charge in [0.1, 0.15) is 17.5 Å². The van der Waals surface area contributed by atoms with Crippen LogP contribution in [0.1, 0.15) is 20.8 Å². The quantitative estimate of drug-likeness (QED) is 0.793. The lowest BCUT2D eigenvalue weighted by Gasteiger charge is -2.38. The van der Waals surface area contributed by atoms with E-state index >= 15 is 0 Å². The van der Waals surface area contributed by atoms with Gasteiger partial charge in [-0.2, -0.15) is 0 Å². The van der Waals surface area contributed by atoms with E-state index in [1.807, 2.05) is 36.9 Å². The number of ketones is 1. The number of anilines is 2. The van der Waals surface area contributed by atoms with Gasteiger partial charge in [-0.25, -0.2) is 0 Å². The first-order chi connectivity index (χ1) is 8.00. The molecule has 4 heteroatoms. The molecule has 0 fully saturated rings. The van der Waals surface area contributed by atoms with Gasteiger partial charge in [0.15, 0.2) is 5.78 Å². The van der Waals surface area contributed by atoms with Crippen LogP contribution in [0.25, 0.3) is 0 Å². The summed E-state index contributed by atoms with van der Waals surface area (Å²) in [5.41, 5.74) is 7.48. The Kier molecular flexibility index (Phi) is 2.96. The lowest BCUT2D eigenvalue weighted by Crippen LogP contribution is -2.46. The van der Waals surface area contributed by atoms with Crippen molar-refractivity contribution in [2.45, 2.75) is 32.9 Å². The van der Waals surface area contributed by atoms with Gasteiger partial charge < -0.3 is 15.4 Å². The van der Waals surface area contributed by atoms with E-state index in [2.05, 4.69) is 0 Å². The second kappa shape index (κ2) is 4.28. The lowest BCUT2D eigenvalue weighted by molar-refractivity contribution is -0.118. The number of nitrogens with zero attached hydrogens (tertiary/aromatic N) is 1. The number of nitrogens with two attached hydrogens (primary N) is 1. The molecule has 4 nitrogen and oxygen atoms in total. The van der Waals surface area contributed by atoms with Gasteiger partial charge in [-0.3, -0.25) is 4.79 Å². The molecule has 0 bridgehead atoms. The van der Waals surface area contributed by atoms with E-state index in [1.165, 1.54) is 0 Å². The molecule has 92 valence electrons. The molecule has 2 atom stereocenters. The van der Waals surface area contributed by atoms with Crippen LogP contribution in [-0.4, -0.2) is 24.5 Å². The molecule has 2 N–H and O–H groups in total. The highest BCUT2D eigenvalue weighted by molar-refractivity contribution is 5.88. The molecule has 1 aromatic carbocycles. The third kappa shape index (κ3) is 2.07. The number of carbonyl (C=O) groups is 1. The molecule has 1 aromatic rings. The van der Waals surface area contributed by atoms with Gasteiger partial charge >= 0.3 is 0 Å². The van der Waals surface area contributed by atoms with Gasteiger partial charge in [-0.15, -0.1) is 0 Å². The van der Waals surface area contributed by atoms with Crippen LogP contribution in [0.2, 0.25) is 0 Å². The summed E-state index contributed by atoms with van der Waals surface area (Å²) in [6, 6.07) is 5.41. The predicted octanol–water partition coefficient (Wildman–Crippen LogP) is 1.83. The van der Waals surface area contributed by atoms with Crippen molar-refractivity contribution in [1.29, 1.82) is 0 Å². The van der Waals surface area contributed by atoms with Crippen LogP contribution < -0.4 is 15.4 Å². The number of benzene rings is 1. The van der Waals surface area contributed by atoms with Crippen molar-refractivity contribution in [3.05, 3.63) is 18.2 Å². The van der Waals surface area contributed by atoms with Crippen molar-refractivity contribution in [2.24, 2.45) is 0 Å². The Labute approximate surface area is 101 Å². The third-order valence-corrected chi connectivity index (χ3v) is 3.16. The highest BCUT2D eigenvalue weighted by Crippen LogP contribution is 2.39. The van der Waals surface area contributed by atoms with E-state index in [0.717, 1.165) is 11.4 Å². The van der Waals surface area contributed by atoms with Crippen molar-refractivity contribution in [2.75, 3.05) is 17.2 Å². The summed E-state index contributed by atoms with van der Waals surface area (Å²) in [4.78, 5) is 13.6. The van der Waals surface area contributed by atoms with Gasteiger partial charge in [0.25, 0.3) is 0 Å². The molecule has 0 aliphatic carbocycles. The number of carbonyl (C=O) groups excluding carboxylic acids is 1. The molecule has 0 spiro atoms. The highest BCUT2D eigenvalue weighted by Gasteiger charge is 2.29. The molecular weight excluding hydrogens is 216 g/mol. The molecule has 1 heterocycles. The molecule has 0 amide bonds. The Balaban J connectivity index is 2.46. The minimum atomic E-state index is -0.176. The van der Waals surface area contributed by atoms with Crippen LogP contribution in [0.4, 0.5) is 11.4 Å². The number of hydrogen-bond acceptors (Lipinski definition) is 4. The summed E-state index contributed by atoms with van der Waals surface area (Å²) in [6.45, 7) is 6.17. The normalized spacial score (nSPS) is 20.4. The van der Waals surface area contributed by atoms with Gasteiger partial charge in [-0.1, -0.05) is 6.07 Å². The van der Waals surface area contributed by atoms with E-state index in [-0.39, 0.29) is 17.9 Å². The van der Waals surface area contributed by atoms with E-state index < -0.39 is 0 Å². The molecule has 0 aromatic heterocycles. The topological polar surface area (TPSA) is 55.6 Å². The van der Waals surface area contributed by atoms with Gasteiger partial charge in [0, 0.05) is 0 Å². The van der Waals surface area contributed by atoms with Gasteiger partial charge in [0.05, 0.1) is 18.3 Å². The number of nitrogen functional groups attached to an aromatic ring is 1. The van der Waals surface area contributed by atoms with Crippen molar-refractivity contribution in [1.82, 2.24) is 0 Å². The lowest BCUT2D eigenvalue weighted by atomic mass is 10.1. The Morgan fingerprint density at radius 2 is 2.29 bits per heavy atom. The predicted molar refractivity (Wildman–Crippen MR) is 68.4 cm³/mol. The monoisotopic (exact) mass is 234 g/mol. The number of rotatable bonds is 2. The molecule has 0 radical (unpaired) electrons. The largest absolute Gasteiger partial charge is 0.487 e. The summed E-state index contributed by atoms with van der Waals surface area (Å²) >= 11 is 0. The van der Waals surface area contributed by atoms with Crippen LogP contribution in [0.5, 0.6) is 5.75 Å². The van der Waals surface area contributed by atoms with Crippen molar-refractivity contribution < 1.29 is 9.53 Å². The minimum Gasteiger partial charge on any atom is -0.487 e. The zero-order chi connectivity index (χ0) is 12.6. The molecule has 1 aliphatic rings. The first-order valence-electron chi connectivity index (χ1n) is 5.83. The van der Waals surface area contributed by atoms with Crippen LogP contribution in [-0.2, 0) is 4.79 Å². The number of hydrogen-bond donors (Lipinski definition) is 1. The standard InChI is InChI=1S/C13H18N2O2/c1-8-7-15(9(2)10(3)16)13-11(14)5-4-6-12(13)17-8/h4-6,8-9H,7,14H2,1-3H3. The average molecular weight is 234 g/mol. The molecule has 17 heavy (non-hydrogen) atoms. The molecule has 2 rings (SSSR count). The smallest absolute Gasteiger partial charge is 0.151 e. The number of para-hydroxylation sites is 1.